The van der Waals surface area contributed by atoms with Crippen molar-refractivity contribution in [3.8, 4) is 0 Å². The summed E-state index contributed by atoms with van der Waals surface area (Å²) in [5.41, 5.74) is 1.79. The number of hydrogen-bond acceptors (Lipinski definition) is 6. The fraction of sp³-hybridized carbons (Fsp3) is 0.839. The number of unbranched alkanes of at least 4 members (excludes halogenated alkanes) is 29. The van der Waals surface area contributed by atoms with E-state index in [1.807, 2.05) is 0 Å². The summed E-state index contributed by atoms with van der Waals surface area (Å²) in [7, 11) is 12.8. The van der Waals surface area contributed by atoms with Crippen molar-refractivity contribution in [2.24, 2.45) is 0 Å². The van der Waals surface area contributed by atoms with Crippen molar-refractivity contribution in [1.29, 1.82) is 0 Å². The van der Waals surface area contributed by atoms with Crippen molar-refractivity contribution in [3.05, 3.63) is 36.5 Å². The van der Waals surface area contributed by atoms with Crippen LogP contribution in [0.15, 0.2) is 36.5 Å². The van der Waals surface area contributed by atoms with E-state index in [1.165, 1.54) is 206 Å². The van der Waals surface area contributed by atoms with E-state index < -0.39 is 0 Å². The average molecular weight is 918 g/mol. The van der Waals surface area contributed by atoms with Crippen LogP contribution in [0.2, 0.25) is 0 Å². The molecule has 0 atom stereocenters. The highest BCUT2D eigenvalue weighted by atomic mass is 16.2. The van der Waals surface area contributed by atoms with Gasteiger partial charge in [0.2, 0.25) is 17.7 Å². The lowest BCUT2D eigenvalue weighted by molar-refractivity contribution is -0.118. The molecule has 9 heteroatoms. The average Bonchev–Trinajstić information content (AvgIpc) is 3.25. The van der Waals surface area contributed by atoms with Crippen LogP contribution in [0, 0.1) is 0 Å². The Morgan fingerprint density at radius 1 is 0.277 bits per heavy atom. The summed E-state index contributed by atoms with van der Waals surface area (Å²) in [6.07, 6.45) is 42.6. The normalized spacial score (nSPS) is 10.9. The number of rotatable bonds is 44. The second kappa shape index (κ2) is 52.5. The summed E-state index contributed by atoms with van der Waals surface area (Å²) < 4.78 is 0. The van der Waals surface area contributed by atoms with Crippen molar-refractivity contribution in [1.82, 2.24) is 30.7 Å². The monoisotopic (exact) mass is 917 g/mol. The maximum absolute atomic E-state index is 11.3. The zero-order valence-corrected chi connectivity index (χ0v) is 45.1. The molecule has 0 bridgehead atoms. The van der Waals surface area contributed by atoms with Crippen LogP contribution in [0.25, 0.3) is 0 Å². The minimum Gasteiger partial charge on any atom is -0.352 e. The maximum Gasteiger partial charge on any atom is 0.246 e. The van der Waals surface area contributed by atoms with Gasteiger partial charge in [-0.25, -0.2) is 0 Å². The van der Waals surface area contributed by atoms with Crippen LogP contribution in [0.4, 0.5) is 0 Å². The van der Waals surface area contributed by atoms with Crippen LogP contribution in [0.5, 0.6) is 0 Å². The topological polar surface area (TPSA) is 97.0 Å². The number of hydrogen-bond donors (Lipinski definition) is 3. The van der Waals surface area contributed by atoms with E-state index in [0.717, 1.165) is 38.9 Å². The van der Waals surface area contributed by atoms with Crippen LogP contribution in [0.3, 0.4) is 0 Å². The summed E-state index contributed by atoms with van der Waals surface area (Å²) >= 11 is 0. The number of amides is 3. The van der Waals surface area contributed by atoms with Crippen molar-refractivity contribution in [2.75, 3.05) is 81.6 Å². The van der Waals surface area contributed by atoms with Gasteiger partial charge in [0.1, 0.15) is 0 Å². The number of nitrogens with zero attached hydrogens (tertiary/aromatic N) is 3. The third-order valence-electron chi connectivity index (χ3n) is 11.6. The third kappa shape index (κ3) is 61.5. The van der Waals surface area contributed by atoms with E-state index in [0.29, 0.717) is 16.7 Å². The maximum atomic E-state index is 11.3. The molecule has 0 radical (unpaired) electrons. The summed E-state index contributed by atoms with van der Waals surface area (Å²) in [5.74, 6) is -0.0322. The molecule has 0 saturated heterocycles. The first-order valence-corrected chi connectivity index (χ1v) is 26.9. The van der Waals surface area contributed by atoms with E-state index in [-0.39, 0.29) is 17.7 Å². The molecule has 3 amide bonds. The molecule has 0 aromatic rings. The molecule has 0 aliphatic heterocycles. The van der Waals surface area contributed by atoms with E-state index in [9.17, 15) is 14.4 Å². The van der Waals surface area contributed by atoms with Gasteiger partial charge in [0.05, 0.1) is 0 Å². The summed E-state index contributed by atoms with van der Waals surface area (Å²) in [6.45, 7) is 22.1. The van der Waals surface area contributed by atoms with Crippen LogP contribution in [-0.2, 0) is 14.4 Å². The van der Waals surface area contributed by atoms with E-state index >= 15 is 0 Å². The zero-order chi connectivity index (χ0) is 49.2. The Morgan fingerprint density at radius 3 is 0.554 bits per heavy atom. The van der Waals surface area contributed by atoms with Crippen LogP contribution in [0.1, 0.15) is 226 Å². The molecular formula is C56H112N6O3. The van der Waals surface area contributed by atoms with Gasteiger partial charge in [-0.15, -0.1) is 0 Å². The highest BCUT2D eigenvalue weighted by Crippen LogP contribution is 2.14. The predicted molar refractivity (Wildman–Crippen MR) is 287 cm³/mol. The summed E-state index contributed by atoms with van der Waals surface area (Å²) in [6, 6.07) is 0. The molecule has 9 nitrogen and oxygen atoms in total. The molecule has 0 aromatic carbocycles. The smallest absolute Gasteiger partial charge is 0.246 e. The fourth-order valence-corrected chi connectivity index (χ4v) is 7.31. The molecule has 0 fully saturated rings. The Hall–Kier alpha value is -2.49. The van der Waals surface area contributed by atoms with E-state index in [4.69, 9.17) is 0 Å². The lowest BCUT2D eigenvalue weighted by Crippen LogP contribution is -2.24. The van der Waals surface area contributed by atoms with Gasteiger partial charge in [0.25, 0.3) is 0 Å². The van der Waals surface area contributed by atoms with E-state index in [1.54, 1.807) is 20.8 Å². The predicted octanol–water partition coefficient (Wildman–Crippen LogP) is 13.2. The highest BCUT2D eigenvalue weighted by molar-refractivity contribution is 5.92. The third-order valence-corrected chi connectivity index (χ3v) is 11.6. The Kier molecular flexibility index (Phi) is 53.9. The lowest BCUT2D eigenvalue weighted by Gasteiger charge is -2.08. The lowest BCUT2D eigenvalue weighted by atomic mass is 10.0. The van der Waals surface area contributed by atoms with Crippen molar-refractivity contribution >= 4 is 17.7 Å². The second-order valence-electron chi connectivity index (χ2n) is 19.8. The van der Waals surface area contributed by atoms with Gasteiger partial charge < -0.3 is 30.7 Å². The first kappa shape index (κ1) is 66.8. The molecule has 0 aromatic heterocycles. The number of carbonyl (C=O) groups is 3. The second-order valence-corrected chi connectivity index (χ2v) is 19.8. The minimum atomic E-state index is -0.0176. The van der Waals surface area contributed by atoms with Crippen molar-refractivity contribution < 1.29 is 14.4 Å². The first-order chi connectivity index (χ1) is 31.1. The molecule has 0 unspecified atom stereocenters. The Balaban J connectivity index is -0.000000913. The Morgan fingerprint density at radius 2 is 0.415 bits per heavy atom. The first-order valence-electron chi connectivity index (χ1n) is 26.9. The standard InChI is InChI=1S/C24H48N2O.C18H36N2O.C14H28N2O/c1-23(2)24(27)25-21-19-17-15-13-11-9-7-5-6-8-10-12-14-16-18-20-22-26(3)4;1-17(2)18(21)19-15-13-11-9-7-5-6-8-10-12-14-16-20(3)4;1-13(2)14(17)15-11-9-7-5-6-8-10-12-16(3)4/h1,5-22H2,2-4H3,(H,25,27);1,5-16H2,2-4H3,(H,19,21);1,5-12H2,2-4H3,(H,15,17). The van der Waals surface area contributed by atoms with Crippen LogP contribution >= 0.6 is 0 Å². The quantitative estimate of drug-likeness (QED) is 0.0416. The summed E-state index contributed by atoms with van der Waals surface area (Å²) in [4.78, 5) is 40.5. The van der Waals surface area contributed by atoms with Crippen LogP contribution in [-0.4, -0.2) is 114 Å². The zero-order valence-electron chi connectivity index (χ0n) is 45.1. The molecule has 0 rings (SSSR count). The summed E-state index contributed by atoms with van der Waals surface area (Å²) in [5, 5.41) is 8.63. The Labute approximate surface area is 405 Å². The molecule has 0 aliphatic carbocycles. The molecule has 3 N–H and O–H groups in total. The van der Waals surface area contributed by atoms with Gasteiger partial charge in [-0.1, -0.05) is 187 Å². The van der Waals surface area contributed by atoms with Gasteiger partial charge in [0.15, 0.2) is 0 Å². The van der Waals surface area contributed by atoms with Gasteiger partial charge >= 0.3 is 0 Å². The molecule has 0 aliphatic rings. The molecule has 384 valence electrons. The van der Waals surface area contributed by atoms with Gasteiger partial charge in [-0.2, -0.15) is 0 Å². The number of carbonyl (C=O) groups excluding carboxylic acids is 3. The molecule has 0 heterocycles. The van der Waals surface area contributed by atoms with E-state index in [2.05, 4.69) is 92.7 Å². The van der Waals surface area contributed by atoms with Crippen molar-refractivity contribution in [3.63, 3.8) is 0 Å². The fourth-order valence-electron chi connectivity index (χ4n) is 7.31. The van der Waals surface area contributed by atoms with Crippen molar-refractivity contribution in [2.45, 2.75) is 226 Å². The van der Waals surface area contributed by atoms with Crippen LogP contribution < -0.4 is 16.0 Å². The van der Waals surface area contributed by atoms with Gasteiger partial charge in [0, 0.05) is 36.4 Å². The molecule has 0 saturated carbocycles. The molecular weight excluding hydrogens is 805 g/mol. The SMILES string of the molecule is C=C(C)C(=O)NCCCCCCCCCCCCCCCCCCN(C)C.C=C(C)C(=O)NCCCCCCCCCCCCN(C)C.C=C(C)C(=O)NCCCCCCCCN(C)C. The highest BCUT2D eigenvalue weighted by Gasteiger charge is 2.02. The van der Waals surface area contributed by atoms with Gasteiger partial charge in [-0.05, 0) is 121 Å². The Bertz CT molecular complexity index is 1120. The molecule has 65 heavy (non-hydrogen) atoms. The largest absolute Gasteiger partial charge is 0.352 e. The minimum absolute atomic E-state index is 0.00462. The van der Waals surface area contributed by atoms with Gasteiger partial charge in [-0.3, -0.25) is 14.4 Å². The number of nitrogens with one attached hydrogen (secondary N) is 3. The molecule has 0 spiro atoms.